The molecule has 1 aromatic rings. The number of rotatable bonds is 4. The molecule has 5 nitrogen and oxygen atoms in total. The molecule has 6 heteroatoms. The Bertz CT molecular complexity index is 541. The van der Waals surface area contributed by atoms with Gasteiger partial charge in [-0.2, -0.15) is 0 Å². The molecule has 2 aliphatic heterocycles. The van der Waals surface area contributed by atoms with Gasteiger partial charge in [0.1, 0.15) is 0 Å². The van der Waals surface area contributed by atoms with Crippen LogP contribution >= 0.6 is 12.4 Å². The van der Waals surface area contributed by atoms with Crippen molar-refractivity contribution >= 4 is 30.0 Å². The number of carboxylic acid groups (broad SMARTS) is 1. The van der Waals surface area contributed by atoms with Gasteiger partial charge < -0.3 is 10.0 Å². The van der Waals surface area contributed by atoms with Crippen molar-refractivity contribution < 1.29 is 14.7 Å². The van der Waals surface area contributed by atoms with E-state index < -0.39 is 11.9 Å². The third-order valence-corrected chi connectivity index (χ3v) is 4.33. The van der Waals surface area contributed by atoms with Crippen molar-refractivity contribution in [2.45, 2.75) is 25.8 Å². The predicted molar refractivity (Wildman–Crippen MR) is 86.3 cm³/mol. The van der Waals surface area contributed by atoms with Crippen molar-refractivity contribution in [1.29, 1.82) is 0 Å². The minimum absolute atomic E-state index is 0. The zero-order valence-electron chi connectivity index (χ0n) is 12.4. The number of anilines is 1. The van der Waals surface area contributed by atoms with Gasteiger partial charge in [0.15, 0.2) is 0 Å². The predicted octanol–water partition coefficient (Wildman–Crippen LogP) is 2.14. The van der Waals surface area contributed by atoms with E-state index in [-0.39, 0.29) is 31.3 Å². The van der Waals surface area contributed by atoms with E-state index in [0.717, 1.165) is 25.3 Å². The van der Waals surface area contributed by atoms with Crippen molar-refractivity contribution in [3.63, 3.8) is 0 Å². The number of carbonyl (C=O) groups excluding carboxylic acids is 1. The maximum atomic E-state index is 11.9. The number of carboxylic acids is 1. The second kappa shape index (κ2) is 7.11. The van der Waals surface area contributed by atoms with Crippen molar-refractivity contribution in [2.75, 3.05) is 24.5 Å². The van der Waals surface area contributed by atoms with Gasteiger partial charge in [-0.1, -0.05) is 12.1 Å². The van der Waals surface area contributed by atoms with Crippen LogP contribution in [0, 0.1) is 5.92 Å². The van der Waals surface area contributed by atoms with E-state index in [4.69, 9.17) is 5.11 Å². The maximum absolute atomic E-state index is 11.9. The Balaban J connectivity index is 0.00000176. The normalized spacial score (nSPS) is 21.9. The molecular weight excluding hydrogens is 304 g/mol. The van der Waals surface area contributed by atoms with E-state index in [1.54, 1.807) is 4.90 Å². The Morgan fingerprint density at radius 2 is 1.82 bits per heavy atom. The van der Waals surface area contributed by atoms with Crippen molar-refractivity contribution in [3.8, 4) is 0 Å². The van der Waals surface area contributed by atoms with Gasteiger partial charge in [0.2, 0.25) is 5.91 Å². The number of hydrogen-bond acceptors (Lipinski definition) is 3. The van der Waals surface area contributed by atoms with Crippen LogP contribution < -0.4 is 4.90 Å². The highest BCUT2D eigenvalue weighted by Crippen LogP contribution is 2.26. The summed E-state index contributed by atoms with van der Waals surface area (Å²) in [7, 11) is 0. The van der Waals surface area contributed by atoms with Gasteiger partial charge >= 0.3 is 5.97 Å². The highest BCUT2D eigenvalue weighted by Gasteiger charge is 2.34. The van der Waals surface area contributed by atoms with Gasteiger partial charge in [-0.05, 0) is 43.6 Å². The smallest absolute Gasteiger partial charge is 0.308 e. The summed E-state index contributed by atoms with van der Waals surface area (Å²) in [5.41, 5.74) is 2.04. The fourth-order valence-corrected chi connectivity index (χ4v) is 3.10. The van der Waals surface area contributed by atoms with Crippen LogP contribution in [0.5, 0.6) is 0 Å². The standard InChI is InChI=1S/C16H20N2O3.ClH/c19-15-9-13(16(20)21)11-18(15)14-5-3-12(4-6-14)10-17-7-1-2-8-17;/h3-6,13H,1-2,7-11H2,(H,20,21);1H. The summed E-state index contributed by atoms with van der Waals surface area (Å²) in [4.78, 5) is 26.9. The molecule has 1 aromatic carbocycles. The molecule has 0 radical (unpaired) electrons. The number of hydrogen-bond donors (Lipinski definition) is 1. The summed E-state index contributed by atoms with van der Waals surface area (Å²) in [5.74, 6) is -1.58. The van der Waals surface area contributed by atoms with E-state index >= 15 is 0 Å². The van der Waals surface area contributed by atoms with E-state index in [1.807, 2.05) is 24.3 Å². The second-order valence-corrected chi connectivity index (χ2v) is 5.89. The third-order valence-electron chi connectivity index (χ3n) is 4.33. The lowest BCUT2D eigenvalue weighted by atomic mass is 10.1. The Morgan fingerprint density at radius 1 is 1.18 bits per heavy atom. The average molecular weight is 325 g/mol. The van der Waals surface area contributed by atoms with Gasteiger partial charge in [-0.15, -0.1) is 12.4 Å². The monoisotopic (exact) mass is 324 g/mol. The first kappa shape index (κ1) is 16.8. The highest BCUT2D eigenvalue weighted by atomic mass is 35.5. The van der Waals surface area contributed by atoms with Gasteiger partial charge in [-0.3, -0.25) is 14.5 Å². The van der Waals surface area contributed by atoms with Crippen LogP contribution in [-0.2, 0) is 16.1 Å². The summed E-state index contributed by atoms with van der Waals surface area (Å²) >= 11 is 0. The molecule has 1 atom stereocenters. The van der Waals surface area contributed by atoms with Crippen LogP contribution in [0.3, 0.4) is 0 Å². The van der Waals surface area contributed by atoms with Crippen LogP contribution in [0.2, 0.25) is 0 Å². The fourth-order valence-electron chi connectivity index (χ4n) is 3.10. The summed E-state index contributed by atoms with van der Waals surface area (Å²) in [6.45, 7) is 3.55. The maximum Gasteiger partial charge on any atom is 0.308 e. The quantitative estimate of drug-likeness (QED) is 0.922. The zero-order chi connectivity index (χ0) is 14.8. The molecule has 2 fully saturated rings. The largest absolute Gasteiger partial charge is 0.481 e. The summed E-state index contributed by atoms with van der Waals surface area (Å²) < 4.78 is 0. The molecule has 22 heavy (non-hydrogen) atoms. The number of halogens is 1. The van der Waals surface area contributed by atoms with Crippen LogP contribution in [0.25, 0.3) is 0 Å². The first-order valence-electron chi connectivity index (χ1n) is 7.48. The van der Waals surface area contributed by atoms with Gasteiger partial charge in [-0.25, -0.2) is 0 Å². The molecule has 0 aliphatic carbocycles. The van der Waals surface area contributed by atoms with Crippen LogP contribution in [0.15, 0.2) is 24.3 Å². The Hall–Kier alpha value is -1.59. The highest BCUT2D eigenvalue weighted by molar-refractivity contribution is 5.99. The van der Waals surface area contributed by atoms with E-state index in [9.17, 15) is 9.59 Å². The Kier molecular flexibility index (Phi) is 5.42. The molecule has 3 rings (SSSR count). The average Bonchev–Trinajstić information content (AvgIpc) is 3.09. The first-order chi connectivity index (χ1) is 10.1. The van der Waals surface area contributed by atoms with Crippen molar-refractivity contribution in [1.82, 2.24) is 4.90 Å². The van der Waals surface area contributed by atoms with E-state index in [1.165, 1.54) is 18.4 Å². The number of likely N-dealkylation sites (tertiary alicyclic amines) is 1. The molecule has 1 amide bonds. The SMILES string of the molecule is Cl.O=C(O)C1CC(=O)N(c2ccc(CN3CCCC3)cc2)C1. The fraction of sp³-hybridized carbons (Fsp3) is 0.500. The Labute approximate surface area is 136 Å². The number of amides is 1. The second-order valence-electron chi connectivity index (χ2n) is 5.89. The summed E-state index contributed by atoms with van der Waals surface area (Å²) in [6, 6.07) is 7.92. The lowest BCUT2D eigenvalue weighted by molar-refractivity contribution is -0.141. The summed E-state index contributed by atoms with van der Waals surface area (Å²) in [6.07, 6.45) is 2.65. The molecule has 1 N–H and O–H groups in total. The molecule has 0 aromatic heterocycles. The van der Waals surface area contributed by atoms with Crippen LogP contribution in [-0.4, -0.2) is 41.5 Å². The first-order valence-corrected chi connectivity index (χ1v) is 7.48. The van der Waals surface area contributed by atoms with Gasteiger partial charge in [0.25, 0.3) is 0 Å². The Morgan fingerprint density at radius 3 is 2.36 bits per heavy atom. The topological polar surface area (TPSA) is 60.9 Å². The molecule has 0 spiro atoms. The van der Waals surface area contributed by atoms with E-state index in [2.05, 4.69) is 4.90 Å². The third kappa shape index (κ3) is 3.59. The molecule has 2 heterocycles. The summed E-state index contributed by atoms with van der Waals surface area (Å²) in [5, 5.41) is 9.01. The minimum atomic E-state index is -0.892. The number of nitrogens with zero attached hydrogens (tertiary/aromatic N) is 2. The number of aliphatic carboxylic acids is 1. The van der Waals surface area contributed by atoms with Crippen LogP contribution in [0.1, 0.15) is 24.8 Å². The van der Waals surface area contributed by atoms with Gasteiger partial charge in [0.05, 0.1) is 5.92 Å². The molecule has 2 saturated heterocycles. The molecule has 1 unspecified atom stereocenters. The molecule has 120 valence electrons. The number of carbonyl (C=O) groups is 2. The number of benzene rings is 1. The minimum Gasteiger partial charge on any atom is -0.481 e. The zero-order valence-corrected chi connectivity index (χ0v) is 13.2. The van der Waals surface area contributed by atoms with E-state index in [0.29, 0.717) is 0 Å². The van der Waals surface area contributed by atoms with Gasteiger partial charge in [0, 0.05) is 25.2 Å². The molecule has 2 aliphatic rings. The van der Waals surface area contributed by atoms with Crippen molar-refractivity contribution in [2.24, 2.45) is 5.92 Å². The lowest BCUT2D eigenvalue weighted by Crippen LogP contribution is -2.25. The molecule has 0 saturated carbocycles. The molecular formula is C16H21ClN2O3. The van der Waals surface area contributed by atoms with Crippen LogP contribution in [0.4, 0.5) is 5.69 Å². The van der Waals surface area contributed by atoms with Crippen molar-refractivity contribution in [3.05, 3.63) is 29.8 Å². The molecule has 0 bridgehead atoms. The lowest BCUT2D eigenvalue weighted by Gasteiger charge is -2.18.